The van der Waals surface area contributed by atoms with Crippen molar-refractivity contribution in [3.63, 3.8) is 0 Å². The molecule has 15 heavy (non-hydrogen) atoms. The zero-order valence-electron chi connectivity index (χ0n) is 8.19. The molecule has 0 bridgehead atoms. The van der Waals surface area contributed by atoms with Crippen molar-refractivity contribution in [3.05, 3.63) is 16.3 Å². The van der Waals surface area contributed by atoms with Crippen molar-refractivity contribution in [2.45, 2.75) is 6.92 Å². The summed E-state index contributed by atoms with van der Waals surface area (Å²) >= 11 is 1.17. The van der Waals surface area contributed by atoms with Gasteiger partial charge in [0, 0.05) is 0 Å². The van der Waals surface area contributed by atoms with Gasteiger partial charge in [-0.1, -0.05) is 0 Å². The molecule has 1 aromatic rings. The van der Waals surface area contributed by atoms with Crippen LogP contribution in [0.4, 0.5) is 5.69 Å². The summed E-state index contributed by atoms with van der Waals surface area (Å²) in [5.74, 6) is -1.17. The van der Waals surface area contributed by atoms with Gasteiger partial charge in [-0.05, 0) is 18.4 Å². The Hall–Kier alpha value is -1.56. The van der Waals surface area contributed by atoms with Crippen LogP contribution in [0.3, 0.4) is 0 Å². The molecule has 1 rings (SSSR count). The second-order valence-corrected chi connectivity index (χ2v) is 3.50. The van der Waals surface area contributed by atoms with Crippen molar-refractivity contribution in [2.75, 3.05) is 18.9 Å². The molecule has 0 amide bonds. The number of hydrogen-bond acceptors (Lipinski definition) is 6. The van der Waals surface area contributed by atoms with Crippen LogP contribution in [-0.4, -0.2) is 25.2 Å². The van der Waals surface area contributed by atoms with Gasteiger partial charge < -0.3 is 15.2 Å². The molecule has 0 aliphatic heterocycles. The summed E-state index contributed by atoms with van der Waals surface area (Å²) in [5, 5.41) is 1.68. The largest absolute Gasteiger partial charge is 0.463 e. The van der Waals surface area contributed by atoms with E-state index in [0.717, 1.165) is 0 Å². The number of ether oxygens (including phenoxy) is 2. The van der Waals surface area contributed by atoms with E-state index in [2.05, 4.69) is 4.74 Å². The van der Waals surface area contributed by atoms with Gasteiger partial charge in [0.25, 0.3) is 0 Å². The van der Waals surface area contributed by atoms with E-state index in [4.69, 9.17) is 10.5 Å². The first-order valence-corrected chi connectivity index (χ1v) is 5.18. The van der Waals surface area contributed by atoms with E-state index in [0.29, 0.717) is 10.6 Å². The number of carbonyl (C=O) groups excluding carboxylic acids is 2. The molecule has 0 unspecified atom stereocenters. The molecule has 0 spiro atoms. The molecule has 1 heterocycles. The third-order valence-corrected chi connectivity index (χ3v) is 2.42. The second kappa shape index (κ2) is 5.35. The predicted octanol–water partition coefficient (Wildman–Crippen LogP) is 1.05. The van der Waals surface area contributed by atoms with Gasteiger partial charge in [0.15, 0.2) is 6.61 Å². The molecular formula is C9H11NO4S. The average Bonchev–Trinajstić information content (AvgIpc) is 2.61. The highest BCUT2D eigenvalue weighted by atomic mass is 32.1. The number of anilines is 1. The first-order chi connectivity index (χ1) is 7.15. The highest BCUT2D eigenvalue weighted by molar-refractivity contribution is 7.12. The predicted molar refractivity (Wildman–Crippen MR) is 55.6 cm³/mol. The number of rotatable bonds is 4. The van der Waals surface area contributed by atoms with Crippen LogP contribution < -0.4 is 5.73 Å². The monoisotopic (exact) mass is 229 g/mol. The molecular weight excluding hydrogens is 218 g/mol. The molecule has 0 saturated heterocycles. The minimum Gasteiger partial charge on any atom is -0.463 e. The van der Waals surface area contributed by atoms with Gasteiger partial charge in [0.2, 0.25) is 0 Å². The van der Waals surface area contributed by atoms with Gasteiger partial charge in [0.1, 0.15) is 4.88 Å². The van der Waals surface area contributed by atoms with E-state index in [1.54, 1.807) is 18.4 Å². The smallest absolute Gasteiger partial charge is 0.351 e. The number of nitrogens with two attached hydrogens (primary N) is 1. The Morgan fingerprint density at radius 3 is 2.73 bits per heavy atom. The highest BCUT2D eigenvalue weighted by Gasteiger charge is 2.14. The van der Waals surface area contributed by atoms with Crippen LogP contribution in [0, 0.1) is 0 Å². The van der Waals surface area contributed by atoms with Crippen LogP contribution in [0.5, 0.6) is 0 Å². The third kappa shape index (κ3) is 3.25. The minimum atomic E-state index is -0.601. The summed E-state index contributed by atoms with van der Waals surface area (Å²) in [5.41, 5.74) is 5.86. The SMILES string of the molecule is CCOC(=O)COC(=O)c1sccc1N. The molecule has 0 radical (unpaired) electrons. The summed E-state index contributed by atoms with van der Waals surface area (Å²) in [6.45, 7) is 1.55. The summed E-state index contributed by atoms with van der Waals surface area (Å²) in [6.07, 6.45) is 0. The zero-order valence-corrected chi connectivity index (χ0v) is 9.00. The van der Waals surface area contributed by atoms with E-state index in [1.165, 1.54) is 11.3 Å². The lowest BCUT2D eigenvalue weighted by Gasteiger charge is -2.03. The Morgan fingerprint density at radius 1 is 1.47 bits per heavy atom. The maximum atomic E-state index is 11.3. The molecule has 0 saturated carbocycles. The average molecular weight is 229 g/mol. The molecule has 2 N–H and O–H groups in total. The summed E-state index contributed by atoms with van der Waals surface area (Å²) in [4.78, 5) is 22.5. The Balaban J connectivity index is 2.44. The Kier molecular flexibility index (Phi) is 4.11. The normalized spacial score (nSPS) is 9.67. The number of esters is 2. The Bertz CT molecular complexity index is 361. The van der Waals surface area contributed by atoms with Crippen LogP contribution >= 0.6 is 11.3 Å². The minimum absolute atomic E-state index is 0.261. The maximum Gasteiger partial charge on any atom is 0.351 e. The summed E-state index contributed by atoms with van der Waals surface area (Å²) < 4.78 is 9.29. The molecule has 0 aromatic carbocycles. The van der Waals surface area contributed by atoms with Crippen molar-refractivity contribution in [1.82, 2.24) is 0 Å². The summed E-state index contributed by atoms with van der Waals surface area (Å²) in [6, 6.07) is 1.60. The molecule has 0 aliphatic carbocycles. The van der Waals surface area contributed by atoms with Crippen molar-refractivity contribution in [2.24, 2.45) is 0 Å². The van der Waals surface area contributed by atoms with Gasteiger partial charge in [0.05, 0.1) is 12.3 Å². The number of hydrogen-bond donors (Lipinski definition) is 1. The lowest BCUT2D eigenvalue weighted by atomic mass is 10.4. The fourth-order valence-corrected chi connectivity index (χ4v) is 1.59. The Labute approximate surface area is 90.8 Å². The Morgan fingerprint density at radius 2 is 2.20 bits per heavy atom. The quantitative estimate of drug-likeness (QED) is 0.781. The van der Waals surface area contributed by atoms with Crippen LogP contribution in [0.25, 0.3) is 0 Å². The lowest BCUT2D eigenvalue weighted by Crippen LogP contribution is -2.16. The molecule has 1 aromatic heterocycles. The van der Waals surface area contributed by atoms with Gasteiger partial charge in [-0.25, -0.2) is 9.59 Å². The number of carbonyl (C=O) groups is 2. The third-order valence-electron chi connectivity index (χ3n) is 1.51. The van der Waals surface area contributed by atoms with Gasteiger partial charge >= 0.3 is 11.9 Å². The highest BCUT2D eigenvalue weighted by Crippen LogP contribution is 2.19. The second-order valence-electron chi connectivity index (χ2n) is 2.59. The first-order valence-electron chi connectivity index (χ1n) is 4.31. The van der Waals surface area contributed by atoms with E-state index in [1.807, 2.05) is 0 Å². The number of nitrogen functional groups attached to an aromatic ring is 1. The molecule has 0 atom stereocenters. The first kappa shape index (κ1) is 11.5. The van der Waals surface area contributed by atoms with Crippen LogP contribution in [-0.2, 0) is 14.3 Å². The van der Waals surface area contributed by atoms with E-state index >= 15 is 0 Å². The fraction of sp³-hybridized carbons (Fsp3) is 0.333. The lowest BCUT2D eigenvalue weighted by molar-refractivity contribution is -0.146. The van der Waals surface area contributed by atoms with E-state index < -0.39 is 11.9 Å². The van der Waals surface area contributed by atoms with Crippen molar-refractivity contribution < 1.29 is 19.1 Å². The van der Waals surface area contributed by atoms with Crippen LogP contribution in [0.1, 0.15) is 16.6 Å². The zero-order chi connectivity index (χ0) is 11.3. The standard InChI is InChI=1S/C9H11NO4S/c1-2-13-7(11)5-14-9(12)8-6(10)3-4-15-8/h3-4H,2,5,10H2,1H3. The molecule has 6 heteroatoms. The number of thiophene rings is 1. The molecule has 82 valence electrons. The van der Waals surface area contributed by atoms with Crippen LogP contribution in [0.15, 0.2) is 11.4 Å². The fourth-order valence-electron chi connectivity index (χ4n) is 0.878. The maximum absolute atomic E-state index is 11.3. The van der Waals surface area contributed by atoms with Gasteiger partial charge in [-0.2, -0.15) is 0 Å². The van der Waals surface area contributed by atoms with Gasteiger partial charge in [-0.15, -0.1) is 11.3 Å². The molecule has 5 nitrogen and oxygen atoms in total. The molecule has 0 fully saturated rings. The van der Waals surface area contributed by atoms with Crippen molar-refractivity contribution >= 4 is 29.0 Å². The van der Waals surface area contributed by atoms with E-state index in [9.17, 15) is 9.59 Å². The van der Waals surface area contributed by atoms with Crippen LogP contribution in [0.2, 0.25) is 0 Å². The van der Waals surface area contributed by atoms with E-state index in [-0.39, 0.29) is 13.2 Å². The summed E-state index contributed by atoms with van der Waals surface area (Å²) in [7, 11) is 0. The topological polar surface area (TPSA) is 78.6 Å². The molecule has 0 aliphatic rings. The van der Waals surface area contributed by atoms with Crippen molar-refractivity contribution in [1.29, 1.82) is 0 Å². The van der Waals surface area contributed by atoms with Crippen molar-refractivity contribution in [3.8, 4) is 0 Å². The van der Waals surface area contributed by atoms with Gasteiger partial charge in [-0.3, -0.25) is 0 Å².